The van der Waals surface area contributed by atoms with Gasteiger partial charge in [0.2, 0.25) is 5.91 Å². The SMILES string of the molecule is CC(C)N1CCC(CN2CCN(C(C)C)C(=O)C2)CC1. The first kappa shape index (κ1) is 15.8. The molecular formula is C16H31N3O. The van der Waals surface area contributed by atoms with Gasteiger partial charge in [0.25, 0.3) is 0 Å². The molecule has 2 rings (SSSR count). The molecule has 0 aromatic heterocycles. The average Bonchev–Trinajstić information content (AvgIpc) is 2.39. The van der Waals surface area contributed by atoms with Gasteiger partial charge in [-0.05, 0) is 59.5 Å². The molecular weight excluding hydrogens is 250 g/mol. The van der Waals surface area contributed by atoms with Crippen LogP contribution in [0.15, 0.2) is 0 Å². The minimum Gasteiger partial charge on any atom is -0.338 e. The van der Waals surface area contributed by atoms with Gasteiger partial charge in [-0.3, -0.25) is 9.69 Å². The number of piperazine rings is 1. The molecule has 4 heteroatoms. The number of piperidine rings is 1. The summed E-state index contributed by atoms with van der Waals surface area (Å²) in [5, 5.41) is 0. The molecule has 1 amide bonds. The van der Waals surface area contributed by atoms with Crippen molar-refractivity contribution in [1.82, 2.24) is 14.7 Å². The maximum absolute atomic E-state index is 12.1. The molecule has 0 saturated carbocycles. The number of carbonyl (C=O) groups is 1. The molecule has 4 nitrogen and oxygen atoms in total. The lowest BCUT2D eigenvalue weighted by Gasteiger charge is -2.40. The maximum Gasteiger partial charge on any atom is 0.237 e. The quantitative estimate of drug-likeness (QED) is 0.784. The molecule has 2 fully saturated rings. The summed E-state index contributed by atoms with van der Waals surface area (Å²) in [6, 6.07) is 1.02. The normalized spacial score (nSPS) is 24.1. The van der Waals surface area contributed by atoms with Gasteiger partial charge >= 0.3 is 0 Å². The Labute approximate surface area is 124 Å². The van der Waals surface area contributed by atoms with Crippen molar-refractivity contribution >= 4 is 5.91 Å². The van der Waals surface area contributed by atoms with Crippen LogP contribution in [0.25, 0.3) is 0 Å². The second-order valence-corrected chi connectivity index (χ2v) is 6.99. The van der Waals surface area contributed by atoms with Crippen LogP contribution in [0.2, 0.25) is 0 Å². The second-order valence-electron chi connectivity index (χ2n) is 6.99. The minimum absolute atomic E-state index is 0.311. The van der Waals surface area contributed by atoms with Gasteiger partial charge in [-0.15, -0.1) is 0 Å². The Hall–Kier alpha value is -0.610. The number of rotatable bonds is 4. The summed E-state index contributed by atoms with van der Waals surface area (Å²) in [6.45, 7) is 14.9. The summed E-state index contributed by atoms with van der Waals surface area (Å²) in [7, 11) is 0. The van der Waals surface area contributed by atoms with Crippen molar-refractivity contribution in [2.24, 2.45) is 5.92 Å². The summed E-state index contributed by atoms with van der Waals surface area (Å²) in [5.74, 6) is 1.09. The van der Waals surface area contributed by atoms with Gasteiger partial charge in [0.15, 0.2) is 0 Å². The van der Waals surface area contributed by atoms with Crippen LogP contribution in [0, 0.1) is 5.92 Å². The second kappa shape index (κ2) is 6.90. The number of amides is 1. The van der Waals surface area contributed by atoms with E-state index >= 15 is 0 Å². The van der Waals surface area contributed by atoms with Gasteiger partial charge < -0.3 is 9.80 Å². The first-order valence-corrected chi connectivity index (χ1v) is 8.23. The molecule has 0 unspecified atom stereocenters. The number of carbonyl (C=O) groups excluding carboxylic acids is 1. The summed E-state index contributed by atoms with van der Waals surface area (Å²) in [4.78, 5) is 19.1. The molecule has 0 N–H and O–H groups in total. The molecule has 0 aliphatic carbocycles. The Morgan fingerprint density at radius 1 is 1.00 bits per heavy atom. The van der Waals surface area contributed by atoms with Crippen LogP contribution in [0.1, 0.15) is 40.5 Å². The van der Waals surface area contributed by atoms with Crippen LogP contribution in [0.4, 0.5) is 0 Å². The van der Waals surface area contributed by atoms with E-state index in [-0.39, 0.29) is 0 Å². The lowest BCUT2D eigenvalue weighted by Crippen LogP contribution is -2.54. The number of hydrogen-bond donors (Lipinski definition) is 0. The highest BCUT2D eigenvalue weighted by Crippen LogP contribution is 2.21. The minimum atomic E-state index is 0.311. The molecule has 2 aliphatic heterocycles. The molecule has 116 valence electrons. The van der Waals surface area contributed by atoms with E-state index in [1.54, 1.807) is 0 Å². The van der Waals surface area contributed by atoms with Crippen molar-refractivity contribution in [1.29, 1.82) is 0 Å². The van der Waals surface area contributed by atoms with Crippen molar-refractivity contribution in [2.75, 3.05) is 39.3 Å². The van der Waals surface area contributed by atoms with E-state index in [2.05, 4.69) is 37.5 Å². The Morgan fingerprint density at radius 2 is 1.65 bits per heavy atom. The first-order valence-electron chi connectivity index (χ1n) is 8.23. The standard InChI is InChI=1S/C16H31N3O/c1-13(2)18-7-5-15(6-8-18)11-17-9-10-19(14(3)4)16(20)12-17/h13-15H,5-12H2,1-4H3. The molecule has 0 atom stereocenters. The molecule has 0 radical (unpaired) electrons. The highest BCUT2D eigenvalue weighted by Gasteiger charge is 2.28. The molecule has 2 heterocycles. The van der Waals surface area contributed by atoms with Gasteiger partial charge in [-0.2, -0.15) is 0 Å². The third-order valence-corrected chi connectivity index (χ3v) is 4.86. The van der Waals surface area contributed by atoms with E-state index in [0.29, 0.717) is 24.5 Å². The molecule has 2 aliphatic rings. The molecule has 0 spiro atoms. The van der Waals surface area contributed by atoms with Crippen LogP contribution < -0.4 is 0 Å². The van der Waals surface area contributed by atoms with Crippen molar-refractivity contribution in [3.63, 3.8) is 0 Å². The largest absolute Gasteiger partial charge is 0.338 e. The van der Waals surface area contributed by atoms with E-state index in [0.717, 1.165) is 25.6 Å². The van der Waals surface area contributed by atoms with E-state index < -0.39 is 0 Å². The summed E-state index contributed by atoms with van der Waals surface area (Å²) < 4.78 is 0. The van der Waals surface area contributed by atoms with Gasteiger partial charge in [-0.1, -0.05) is 0 Å². The Balaban J connectivity index is 1.75. The van der Waals surface area contributed by atoms with Gasteiger partial charge in [-0.25, -0.2) is 0 Å². The smallest absolute Gasteiger partial charge is 0.237 e. The number of hydrogen-bond acceptors (Lipinski definition) is 3. The third kappa shape index (κ3) is 3.95. The lowest BCUT2D eigenvalue weighted by atomic mass is 9.95. The highest BCUT2D eigenvalue weighted by atomic mass is 16.2. The summed E-state index contributed by atoms with van der Waals surface area (Å²) in [5.41, 5.74) is 0. The van der Waals surface area contributed by atoms with Crippen LogP contribution >= 0.6 is 0 Å². The summed E-state index contributed by atoms with van der Waals surface area (Å²) in [6.07, 6.45) is 2.58. The molecule has 0 bridgehead atoms. The van der Waals surface area contributed by atoms with Crippen LogP contribution in [-0.2, 0) is 4.79 Å². The zero-order valence-corrected chi connectivity index (χ0v) is 13.6. The van der Waals surface area contributed by atoms with E-state index in [4.69, 9.17) is 0 Å². The Kier molecular flexibility index (Phi) is 5.44. The Bertz CT molecular complexity index is 322. The highest BCUT2D eigenvalue weighted by molar-refractivity contribution is 5.79. The Morgan fingerprint density at radius 3 is 2.15 bits per heavy atom. The fourth-order valence-corrected chi connectivity index (χ4v) is 3.45. The number of nitrogens with zero attached hydrogens (tertiary/aromatic N) is 3. The van der Waals surface area contributed by atoms with Gasteiger partial charge in [0.05, 0.1) is 6.54 Å². The fraction of sp³-hybridized carbons (Fsp3) is 0.938. The summed E-state index contributed by atoms with van der Waals surface area (Å²) >= 11 is 0. The van der Waals surface area contributed by atoms with E-state index in [9.17, 15) is 4.79 Å². The predicted molar refractivity (Wildman–Crippen MR) is 82.7 cm³/mol. The number of likely N-dealkylation sites (tertiary alicyclic amines) is 1. The van der Waals surface area contributed by atoms with Gasteiger partial charge in [0.1, 0.15) is 0 Å². The molecule has 0 aromatic carbocycles. The zero-order valence-electron chi connectivity index (χ0n) is 13.6. The predicted octanol–water partition coefficient (Wildman–Crippen LogP) is 1.66. The van der Waals surface area contributed by atoms with E-state index in [1.807, 2.05) is 4.90 Å². The van der Waals surface area contributed by atoms with Crippen molar-refractivity contribution < 1.29 is 4.79 Å². The topological polar surface area (TPSA) is 26.8 Å². The zero-order chi connectivity index (χ0) is 14.7. The van der Waals surface area contributed by atoms with E-state index in [1.165, 1.54) is 25.9 Å². The average molecular weight is 281 g/mol. The van der Waals surface area contributed by atoms with Crippen molar-refractivity contribution in [3.05, 3.63) is 0 Å². The molecule has 20 heavy (non-hydrogen) atoms. The maximum atomic E-state index is 12.1. The van der Waals surface area contributed by atoms with Gasteiger partial charge in [0, 0.05) is 31.7 Å². The first-order chi connectivity index (χ1) is 9.47. The fourth-order valence-electron chi connectivity index (χ4n) is 3.45. The molecule has 0 aromatic rings. The van der Waals surface area contributed by atoms with Crippen molar-refractivity contribution in [3.8, 4) is 0 Å². The lowest BCUT2D eigenvalue weighted by molar-refractivity contribution is -0.138. The van der Waals surface area contributed by atoms with Crippen LogP contribution in [0.5, 0.6) is 0 Å². The third-order valence-electron chi connectivity index (χ3n) is 4.86. The van der Waals surface area contributed by atoms with Crippen LogP contribution in [-0.4, -0.2) is 72.0 Å². The monoisotopic (exact) mass is 281 g/mol. The van der Waals surface area contributed by atoms with Crippen molar-refractivity contribution in [2.45, 2.75) is 52.6 Å². The molecule has 2 saturated heterocycles. The van der Waals surface area contributed by atoms with Crippen LogP contribution in [0.3, 0.4) is 0 Å².